The molecule has 1 aliphatic carbocycles. The average Bonchev–Trinajstić information content (AvgIpc) is 2.69. The number of imidazole rings is 1. The van der Waals surface area contributed by atoms with E-state index in [0.717, 1.165) is 5.92 Å². The second kappa shape index (κ2) is 3.90. The summed E-state index contributed by atoms with van der Waals surface area (Å²) in [7, 11) is 0. The lowest BCUT2D eigenvalue weighted by molar-refractivity contribution is 0.447. The first-order valence-corrected chi connectivity index (χ1v) is 6.90. The third-order valence-electron chi connectivity index (χ3n) is 4.44. The number of hydrogen-bond acceptors (Lipinski definition) is 1. The van der Waals surface area contributed by atoms with Crippen molar-refractivity contribution in [3.05, 3.63) is 17.2 Å². The molecule has 0 fully saturated rings. The Morgan fingerprint density at radius 2 is 2.19 bits per heavy atom. The smallest absolute Gasteiger partial charge is 0.112 e. The van der Waals surface area contributed by atoms with E-state index in [9.17, 15) is 0 Å². The van der Waals surface area contributed by atoms with Crippen LogP contribution < -0.4 is 0 Å². The van der Waals surface area contributed by atoms with Gasteiger partial charge in [-0.05, 0) is 38.5 Å². The maximum atomic E-state index is 4.99. The second-order valence-electron chi connectivity index (χ2n) is 5.49. The molecule has 0 saturated carbocycles. The summed E-state index contributed by atoms with van der Waals surface area (Å²) in [4.78, 5) is 4.99. The van der Waals surface area contributed by atoms with E-state index in [1.165, 1.54) is 56.6 Å². The van der Waals surface area contributed by atoms with Gasteiger partial charge in [-0.15, -0.1) is 0 Å². The van der Waals surface area contributed by atoms with Gasteiger partial charge in [-0.25, -0.2) is 4.98 Å². The van der Waals surface area contributed by atoms with Crippen molar-refractivity contribution in [1.29, 1.82) is 0 Å². The van der Waals surface area contributed by atoms with Crippen LogP contribution in [0.2, 0.25) is 0 Å². The first-order valence-electron chi connectivity index (χ1n) is 6.90. The average molecular weight is 218 g/mol. The Kier molecular flexibility index (Phi) is 2.53. The fraction of sp³-hybridized carbons (Fsp3) is 0.786. The minimum atomic E-state index is 0.678. The Labute approximate surface area is 98.1 Å². The molecule has 1 aliphatic heterocycles. The molecule has 0 bridgehead atoms. The molecular weight excluding hydrogens is 196 g/mol. The molecule has 3 rings (SSSR count). The first-order chi connectivity index (χ1) is 7.81. The van der Waals surface area contributed by atoms with Crippen molar-refractivity contribution in [2.75, 3.05) is 0 Å². The van der Waals surface area contributed by atoms with Gasteiger partial charge in [-0.2, -0.15) is 0 Å². The van der Waals surface area contributed by atoms with Gasteiger partial charge >= 0.3 is 0 Å². The molecule has 1 aromatic heterocycles. The Balaban J connectivity index is 2.08. The molecule has 2 aliphatic rings. The number of rotatable bonds is 1. The van der Waals surface area contributed by atoms with Gasteiger partial charge in [-0.3, -0.25) is 0 Å². The highest BCUT2D eigenvalue weighted by atomic mass is 15.1. The van der Waals surface area contributed by atoms with Crippen LogP contribution in [0.15, 0.2) is 0 Å². The number of nitrogens with zero attached hydrogens (tertiary/aromatic N) is 2. The van der Waals surface area contributed by atoms with E-state index in [-0.39, 0.29) is 0 Å². The molecule has 2 heterocycles. The third kappa shape index (κ3) is 1.42. The SMILES string of the molecule is CCC1CCCc2c1nc1n2CCCC1C. The fourth-order valence-electron chi connectivity index (χ4n) is 3.48. The number of fused-ring (bicyclic) bond motifs is 3. The molecule has 0 spiro atoms. The van der Waals surface area contributed by atoms with Crippen molar-refractivity contribution in [2.24, 2.45) is 0 Å². The van der Waals surface area contributed by atoms with Gasteiger partial charge in [-0.1, -0.05) is 13.8 Å². The molecule has 0 aromatic carbocycles. The standard InChI is InChI=1S/C14H22N2/c1-3-11-7-4-8-12-13(11)15-14-10(2)6-5-9-16(12)14/h10-11H,3-9H2,1-2H3. The summed E-state index contributed by atoms with van der Waals surface area (Å²) >= 11 is 0. The lowest BCUT2D eigenvalue weighted by Gasteiger charge is -2.24. The Hall–Kier alpha value is -0.790. The summed E-state index contributed by atoms with van der Waals surface area (Å²) in [6.07, 6.45) is 7.92. The van der Waals surface area contributed by atoms with E-state index in [0.29, 0.717) is 5.92 Å². The summed E-state index contributed by atoms with van der Waals surface area (Å²) in [6, 6.07) is 0. The highest BCUT2D eigenvalue weighted by Gasteiger charge is 2.29. The quantitative estimate of drug-likeness (QED) is 0.704. The normalized spacial score (nSPS) is 28.6. The van der Waals surface area contributed by atoms with E-state index in [4.69, 9.17) is 4.98 Å². The summed E-state index contributed by atoms with van der Waals surface area (Å²) in [6.45, 7) is 5.87. The molecular formula is C14H22N2. The topological polar surface area (TPSA) is 17.8 Å². The van der Waals surface area contributed by atoms with Gasteiger partial charge in [0.1, 0.15) is 5.82 Å². The molecule has 16 heavy (non-hydrogen) atoms. The molecule has 2 heteroatoms. The molecule has 0 amide bonds. The van der Waals surface area contributed by atoms with Gasteiger partial charge in [0.05, 0.1) is 5.69 Å². The zero-order chi connectivity index (χ0) is 11.1. The molecule has 0 radical (unpaired) electrons. The lowest BCUT2D eigenvalue weighted by atomic mass is 9.88. The van der Waals surface area contributed by atoms with E-state index in [1.54, 1.807) is 5.69 Å². The van der Waals surface area contributed by atoms with Crippen LogP contribution in [0.25, 0.3) is 0 Å². The molecule has 0 N–H and O–H groups in total. The predicted molar refractivity (Wildman–Crippen MR) is 65.8 cm³/mol. The molecule has 1 aromatic rings. The predicted octanol–water partition coefficient (Wildman–Crippen LogP) is 3.61. The van der Waals surface area contributed by atoms with E-state index in [2.05, 4.69) is 18.4 Å². The zero-order valence-electron chi connectivity index (χ0n) is 10.5. The first kappa shape index (κ1) is 10.4. The molecule has 2 atom stereocenters. The van der Waals surface area contributed by atoms with Crippen LogP contribution in [0.4, 0.5) is 0 Å². The monoisotopic (exact) mass is 218 g/mol. The van der Waals surface area contributed by atoms with Gasteiger partial charge in [0.25, 0.3) is 0 Å². The zero-order valence-corrected chi connectivity index (χ0v) is 10.5. The van der Waals surface area contributed by atoms with Crippen molar-refractivity contribution in [3.8, 4) is 0 Å². The van der Waals surface area contributed by atoms with Gasteiger partial charge in [0.2, 0.25) is 0 Å². The minimum Gasteiger partial charge on any atom is -0.332 e. The van der Waals surface area contributed by atoms with Crippen molar-refractivity contribution in [1.82, 2.24) is 9.55 Å². The van der Waals surface area contributed by atoms with Crippen molar-refractivity contribution in [3.63, 3.8) is 0 Å². The van der Waals surface area contributed by atoms with Crippen molar-refractivity contribution < 1.29 is 0 Å². The van der Waals surface area contributed by atoms with Gasteiger partial charge in [0.15, 0.2) is 0 Å². The summed E-state index contributed by atoms with van der Waals surface area (Å²) < 4.78 is 2.55. The number of hydrogen-bond donors (Lipinski definition) is 0. The Morgan fingerprint density at radius 1 is 1.31 bits per heavy atom. The number of aromatic nitrogens is 2. The summed E-state index contributed by atoms with van der Waals surface area (Å²) in [5.74, 6) is 2.81. The maximum absolute atomic E-state index is 4.99. The fourth-order valence-corrected chi connectivity index (χ4v) is 3.48. The van der Waals surface area contributed by atoms with Crippen LogP contribution in [0.5, 0.6) is 0 Å². The Bertz CT molecular complexity index is 392. The van der Waals surface area contributed by atoms with Crippen LogP contribution in [0, 0.1) is 0 Å². The molecule has 88 valence electrons. The highest BCUT2D eigenvalue weighted by Crippen LogP contribution is 2.37. The van der Waals surface area contributed by atoms with Crippen LogP contribution in [0.3, 0.4) is 0 Å². The van der Waals surface area contributed by atoms with Crippen LogP contribution in [-0.2, 0) is 13.0 Å². The molecule has 2 nitrogen and oxygen atoms in total. The summed E-state index contributed by atoms with van der Waals surface area (Å²) in [5, 5.41) is 0. The molecule has 0 saturated heterocycles. The maximum Gasteiger partial charge on any atom is 0.112 e. The van der Waals surface area contributed by atoms with Crippen molar-refractivity contribution in [2.45, 2.75) is 70.8 Å². The van der Waals surface area contributed by atoms with Crippen LogP contribution in [0.1, 0.15) is 75.0 Å². The van der Waals surface area contributed by atoms with Crippen LogP contribution >= 0.6 is 0 Å². The molecule has 2 unspecified atom stereocenters. The van der Waals surface area contributed by atoms with Crippen molar-refractivity contribution >= 4 is 0 Å². The second-order valence-corrected chi connectivity index (χ2v) is 5.49. The van der Waals surface area contributed by atoms with Gasteiger partial charge < -0.3 is 4.57 Å². The third-order valence-corrected chi connectivity index (χ3v) is 4.44. The van der Waals surface area contributed by atoms with E-state index >= 15 is 0 Å². The lowest BCUT2D eigenvalue weighted by Crippen LogP contribution is -2.17. The van der Waals surface area contributed by atoms with E-state index < -0.39 is 0 Å². The highest BCUT2D eigenvalue weighted by molar-refractivity contribution is 5.26. The van der Waals surface area contributed by atoms with E-state index in [1.807, 2.05) is 0 Å². The Morgan fingerprint density at radius 3 is 3.00 bits per heavy atom. The largest absolute Gasteiger partial charge is 0.332 e. The van der Waals surface area contributed by atoms with Crippen LogP contribution in [-0.4, -0.2) is 9.55 Å². The summed E-state index contributed by atoms with van der Waals surface area (Å²) in [5.41, 5.74) is 3.04. The van der Waals surface area contributed by atoms with Gasteiger partial charge in [0, 0.05) is 24.1 Å². The minimum absolute atomic E-state index is 0.678.